The Bertz CT molecular complexity index is 390. The van der Waals surface area contributed by atoms with E-state index in [9.17, 15) is 5.11 Å². The molecule has 17 heavy (non-hydrogen) atoms. The molecule has 0 spiro atoms. The average molecular weight is 235 g/mol. The van der Waals surface area contributed by atoms with Crippen molar-refractivity contribution in [2.45, 2.75) is 32.2 Å². The Morgan fingerprint density at radius 2 is 2.41 bits per heavy atom. The number of likely N-dealkylation sites (N-methyl/N-ethyl adjacent to an activating group) is 1. The molecule has 1 unspecified atom stereocenters. The number of hydrogen-bond donors (Lipinski definition) is 2. The first-order valence-electron chi connectivity index (χ1n) is 6.68. The highest BCUT2D eigenvalue weighted by atomic mass is 16.3. The normalized spacial score (nSPS) is 33.2. The van der Waals surface area contributed by atoms with Crippen molar-refractivity contribution in [3.63, 3.8) is 0 Å². The number of aliphatic hydroxyl groups is 1. The summed E-state index contributed by atoms with van der Waals surface area (Å²) in [6.45, 7) is 4.70. The number of aromatic nitrogens is 2. The summed E-state index contributed by atoms with van der Waals surface area (Å²) in [5.74, 6) is 1.13. The quantitative estimate of drug-likeness (QED) is 0.798. The lowest BCUT2D eigenvalue weighted by atomic mass is 9.74. The zero-order chi connectivity index (χ0) is 11.8. The van der Waals surface area contributed by atoms with Crippen molar-refractivity contribution in [1.82, 2.24) is 15.1 Å². The number of rotatable bonds is 2. The lowest BCUT2D eigenvalue weighted by Gasteiger charge is -2.46. The third-order valence-corrected chi connectivity index (χ3v) is 4.50. The summed E-state index contributed by atoms with van der Waals surface area (Å²) >= 11 is 0. The summed E-state index contributed by atoms with van der Waals surface area (Å²) in [4.78, 5) is 2.55. The van der Waals surface area contributed by atoms with Gasteiger partial charge in [0.2, 0.25) is 0 Å². The van der Waals surface area contributed by atoms with Gasteiger partial charge in [-0.3, -0.25) is 10.00 Å². The Balaban J connectivity index is 1.84. The third kappa shape index (κ3) is 1.89. The molecule has 2 N–H and O–H groups in total. The van der Waals surface area contributed by atoms with Crippen LogP contribution in [0.1, 0.15) is 24.6 Å². The van der Waals surface area contributed by atoms with Crippen LogP contribution >= 0.6 is 0 Å². The molecule has 94 valence electrons. The minimum Gasteiger partial charge on any atom is -0.396 e. The van der Waals surface area contributed by atoms with E-state index < -0.39 is 0 Å². The summed E-state index contributed by atoms with van der Waals surface area (Å²) in [6.07, 6.45) is 5.42. The van der Waals surface area contributed by atoms with Crippen LogP contribution in [0, 0.1) is 11.8 Å². The van der Waals surface area contributed by atoms with Gasteiger partial charge in [-0.15, -0.1) is 0 Å². The Labute approximate surface area is 102 Å². The predicted octanol–water partition coefficient (Wildman–Crippen LogP) is 0.827. The summed E-state index contributed by atoms with van der Waals surface area (Å²) < 4.78 is 0. The molecule has 1 aliphatic carbocycles. The van der Waals surface area contributed by atoms with Crippen molar-refractivity contribution in [3.8, 4) is 0 Å². The minimum absolute atomic E-state index is 0.327. The molecule has 0 amide bonds. The van der Waals surface area contributed by atoms with E-state index in [1.54, 1.807) is 0 Å². The van der Waals surface area contributed by atoms with Gasteiger partial charge in [0.25, 0.3) is 0 Å². The number of H-pyrrole nitrogens is 1. The molecule has 1 fully saturated rings. The van der Waals surface area contributed by atoms with E-state index in [4.69, 9.17) is 0 Å². The second kappa shape index (κ2) is 4.42. The van der Waals surface area contributed by atoms with Gasteiger partial charge < -0.3 is 5.11 Å². The summed E-state index contributed by atoms with van der Waals surface area (Å²) in [5, 5.41) is 16.7. The van der Waals surface area contributed by atoms with Crippen molar-refractivity contribution < 1.29 is 5.11 Å². The summed E-state index contributed by atoms with van der Waals surface area (Å²) in [5.41, 5.74) is 2.65. The molecule has 3 atom stereocenters. The van der Waals surface area contributed by atoms with E-state index in [-0.39, 0.29) is 0 Å². The zero-order valence-electron chi connectivity index (χ0n) is 10.4. The van der Waals surface area contributed by atoms with Crippen LogP contribution in [0.4, 0.5) is 0 Å². The second-order valence-electron chi connectivity index (χ2n) is 5.46. The smallest absolute Gasteiger partial charge is 0.0657 e. The minimum atomic E-state index is 0.327. The number of nitrogens with zero attached hydrogens (tertiary/aromatic N) is 2. The first-order valence-corrected chi connectivity index (χ1v) is 6.68. The summed E-state index contributed by atoms with van der Waals surface area (Å²) in [7, 11) is 0. The molecule has 1 saturated heterocycles. The molecule has 1 aromatic heterocycles. The molecule has 0 bridgehead atoms. The highest BCUT2D eigenvalue weighted by Crippen LogP contribution is 2.35. The van der Waals surface area contributed by atoms with Gasteiger partial charge in [0.05, 0.1) is 5.69 Å². The molecule has 4 nitrogen and oxygen atoms in total. The Morgan fingerprint density at radius 1 is 1.53 bits per heavy atom. The number of hydrogen-bond acceptors (Lipinski definition) is 3. The van der Waals surface area contributed by atoms with E-state index >= 15 is 0 Å². The molecule has 2 heterocycles. The fraction of sp³-hybridized carbons (Fsp3) is 0.769. The molecule has 1 aromatic rings. The molecule has 2 aliphatic rings. The monoisotopic (exact) mass is 235 g/mol. The molecule has 0 aromatic carbocycles. The van der Waals surface area contributed by atoms with Gasteiger partial charge in [-0.25, -0.2) is 0 Å². The van der Waals surface area contributed by atoms with Gasteiger partial charge in [-0.1, -0.05) is 6.92 Å². The van der Waals surface area contributed by atoms with Crippen molar-refractivity contribution in [1.29, 1.82) is 0 Å². The predicted molar refractivity (Wildman–Crippen MR) is 65.7 cm³/mol. The summed E-state index contributed by atoms with van der Waals surface area (Å²) in [6, 6.07) is 0.660. The lowest BCUT2D eigenvalue weighted by molar-refractivity contribution is 0.0306. The second-order valence-corrected chi connectivity index (χ2v) is 5.46. The van der Waals surface area contributed by atoms with Crippen molar-refractivity contribution >= 4 is 0 Å². The fourth-order valence-electron chi connectivity index (χ4n) is 3.61. The maximum absolute atomic E-state index is 9.40. The SMILES string of the molecule is CCN1C[C@H](CO)C[C@@H]2Cc3n[nH]cc3CC21. The van der Waals surface area contributed by atoms with E-state index in [0.29, 0.717) is 24.5 Å². The van der Waals surface area contributed by atoms with Crippen molar-refractivity contribution in [3.05, 3.63) is 17.5 Å². The number of aliphatic hydroxyl groups excluding tert-OH is 1. The third-order valence-electron chi connectivity index (χ3n) is 4.50. The molecule has 0 radical (unpaired) electrons. The molecule has 0 saturated carbocycles. The van der Waals surface area contributed by atoms with E-state index in [1.165, 1.54) is 11.3 Å². The van der Waals surface area contributed by atoms with E-state index in [1.807, 2.05) is 0 Å². The van der Waals surface area contributed by atoms with Gasteiger partial charge in [0.15, 0.2) is 0 Å². The molecule has 4 heteroatoms. The van der Waals surface area contributed by atoms with Crippen LogP contribution in [0.25, 0.3) is 0 Å². The number of piperidine rings is 1. The van der Waals surface area contributed by atoms with Gasteiger partial charge in [0.1, 0.15) is 0 Å². The van der Waals surface area contributed by atoms with Gasteiger partial charge in [-0.05, 0) is 43.2 Å². The zero-order valence-corrected chi connectivity index (χ0v) is 10.4. The molecule has 1 aliphatic heterocycles. The van der Waals surface area contributed by atoms with Crippen molar-refractivity contribution in [2.75, 3.05) is 19.7 Å². The maximum Gasteiger partial charge on any atom is 0.0657 e. The first kappa shape index (κ1) is 11.2. The van der Waals surface area contributed by atoms with Crippen molar-refractivity contribution in [2.24, 2.45) is 11.8 Å². The largest absolute Gasteiger partial charge is 0.396 e. The molecule has 3 rings (SSSR count). The van der Waals surface area contributed by atoms with E-state index in [2.05, 4.69) is 28.2 Å². The van der Waals surface area contributed by atoms with Crippen LogP contribution < -0.4 is 0 Å². The number of aromatic amines is 1. The topological polar surface area (TPSA) is 52.1 Å². The first-order chi connectivity index (χ1) is 8.31. The Hall–Kier alpha value is -0.870. The number of nitrogens with one attached hydrogen (secondary N) is 1. The van der Waals surface area contributed by atoms with Gasteiger partial charge in [0, 0.05) is 25.4 Å². The Morgan fingerprint density at radius 3 is 3.18 bits per heavy atom. The average Bonchev–Trinajstić information content (AvgIpc) is 2.81. The van der Waals surface area contributed by atoms with Gasteiger partial charge in [-0.2, -0.15) is 5.10 Å². The molecular formula is C13H21N3O. The van der Waals surface area contributed by atoms with Crippen LogP contribution in [0.2, 0.25) is 0 Å². The fourth-order valence-corrected chi connectivity index (χ4v) is 3.61. The number of likely N-dealkylation sites (tertiary alicyclic amines) is 1. The number of fused-ring (bicyclic) bond motifs is 2. The van der Waals surface area contributed by atoms with Crippen LogP contribution in [-0.4, -0.2) is 45.9 Å². The van der Waals surface area contributed by atoms with Gasteiger partial charge >= 0.3 is 0 Å². The highest BCUT2D eigenvalue weighted by Gasteiger charge is 2.38. The standard InChI is InChI=1S/C13H21N3O/c1-2-16-7-9(8-17)3-10-4-12-11(5-13(10)16)6-14-15-12/h6,9-10,13,17H,2-5,7-8H2,1H3,(H,14,15)/t9-,10-,13?/m1/s1. The van der Waals surface area contributed by atoms with Crippen LogP contribution in [0.5, 0.6) is 0 Å². The Kier molecular flexibility index (Phi) is 2.92. The van der Waals surface area contributed by atoms with Crippen LogP contribution in [-0.2, 0) is 12.8 Å². The maximum atomic E-state index is 9.40. The van der Waals surface area contributed by atoms with Crippen LogP contribution in [0.15, 0.2) is 6.20 Å². The van der Waals surface area contributed by atoms with E-state index in [0.717, 1.165) is 32.4 Å². The molecular weight excluding hydrogens is 214 g/mol. The van der Waals surface area contributed by atoms with Crippen LogP contribution in [0.3, 0.4) is 0 Å². The highest BCUT2D eigenvalue weighted by molar-refractivity contribution is 5.23. The lowest BCUT2D eigenvalue weighted by Crippen LogP contribution is -2.52.